The van der Waals surface area contributed by atoms with Gasteiger partial charge in [-0.3, -0.25) is 0 Å². The zero-order valence-corrected chi connectivity index (χ0v) is 9.57. The van der Waals surface area contributed by atoms with Crippen molar-refractivity contribution in [1.82, 2.24) is 0 Å². The Hall–Kier alpha value is -1.60. The molecule has 1 aromatic rings. The second kappa shape index (κ2) is 4.95. The van der Waals surface area contributed by atoms with E-state index in [9.17, 15) is 4.39 Å². The molecule has 0 aliphatic carbocycles. The number of nitrogens with zero attached hydrogens (tertiary/aromatic N) is 2. The molecule has 0 bridgehead atoms. The molecule has 4 heteroatoms. The molecule has 1 rings (SSSR count). The van der Waals surface area contributed by atoms with Crippen LogP contribution in [0, 0.1) is 17.1 Å². The number of rotatable bonds is 4. The van der Waals surface area contributed by atoms with Gasteiger partial charge in [-0.25, -0.2) is 4.39 Å². The molecule has 0 aliphatic heterocycles. The van der Waals surface area contributed by atoms with Gasteiger partial charge in [-0.15, -0.1) is 0 Å². The minimum atomic E-state index is -0.862. The number of para-hydroxylation sites is 1. The molecule has 1 atom stereocenters. The van der Waals surface area contributed by atoms with E-state index in [-0.39, 0.29) is 5.82 Å². The standard InChI is InChI=1S/C12H16FN3/c1-12(15,9-14)7-8-16(2)11-6-4-3-5-10(11)13/h3-6H,7-8,15H2,1-2H3. The first-order chi connectivity index (χ1) is 7.46. The van der Waals surface area contributed by atoms with E-state index in [0.717, 1.165) is 0 Å². The number of hydrogen-bond donors (Lipinski definition) is 1. The van der Waals surface area contributed by atoms with Crippen molar-refractivity contribution in [1.29, 1.82) is 5.26 Å². The van der Waals surface area contributed by atoms with Crippen LogP contribution in [0.4, 0.5) is 10.1 Å². The van der Waals surface area contributed by atoms with Crippen LogP contribution in [0.1, 0.15) is 13.3 Å². The lowest BCUT2D eigenvalue weighted by Gasteiger charge is -2.23. The van der Waals surface area contributed by atoms with E-state index in [1.54, 1.807) is 37.1 Å². The average molecular weight is 221 g/mol. The maximum Gasteiger partial charge on any atom is 0.146 e. The Bertz CT molecular complexity index is 395. The Balaban J connectivity index is 2.64. The third-order valence-corrected chi connectivity index (χ3v) is 2.49. The summed E-state index contributed by atoms with van der Waals surface area (Å²) < 4.78 is 13.4. The summed E-state index contributed by atoms with van der Waals surface area (Å²) in [5, 5.41) is 8.76. The van der Waals surface area contributed by atoms with Gasteiger partial charge >= 0.3 is 0 Å². The van der Waals surface area contributed by atoms with Gasteiger partial charge < -0.3 is 10.6 Å². The SMILES string of the molecule is CN(CCC(C)(N)C#N)c1ccccc1F. The van der Waals surface area contributed by atoms with Crippen molar-refractivity contribution in [3.05, 3.63) is 30.1 Å². The normalized spacial score (nSPS) is 13.9. The number of anilines is 1. The second-order valence-electron chi connectivity index (χ2n) is 4.15. The third-order valence-electron chi connectivity index (χ3n) is 2.49. The van der Waals surface area contributed by atoms with Gasteiger partial charge in [0.05, 0.1) is 11.8 Å². The van der Waals surface area contributed by atoms with Crippen LogP contribution in [-0.4, -0.2) is 19.1 Å². The lowest BCUT2D eigenvalue weighted by molar-refractivity contribution is 0.542. The first kappa shape index (κ1) is 12.5. The highest BCUT2D eigenvalue weighted by atomic mass is 19.1. The van der Waals surface area contributed by atoms with Crippen molar-refractivity contribution in [2.24, 2.45) is 5.73 Å². The van der Waals surface area contributed by atoms with E-state index in [1.807, 2.05) is 6.07 Å². The van der Waals surface area contributed by atoms with E-state index in [2.05, 4.69) is 0 Å². The first-order valence-electron chi connectivity index (χ1n) is 5.12. The Labute approximate surface area is 95.3 Å². The highest BCUT2D eigenvalue weighted by molar-refractivity contribution is 5.46. The van der Waals surface area contributed by atoms with Crippen LogP contribution in [0.3, 0.4) is 0 Å². The molecule has 0 aliphatic rings. The molecule has 0 spiro atoms. The number of benzene rings is 1. The number of nitriles is 1. The summed E-state index contributed by atoms with van der Waals surface area (Å²) in [6.07, 6.45) is 0.494. The van der Waals surface area contributed by atoms with Crippen molar-refractivity contribution < 1.29 is 4.39 Å². The van der Waals surface area contributed by atoms with Crippen LogP contribution in [0.25, 0.3) is 0 Å². The molecule has 0 saturated heterocycles. The fourth-order valence-corrected chi connectivity index (χ4v) is 1.34. The summed E-state index contributed by atoms with van der Waals surface area (Å²) in [5.74, 6) is -0.263. The van der Waals surface area contributed by atoms with Crippen LogP contribution in [0.15, 0.2) is 24.3 Å². The average Bonchev–Trinajstić information content (AvgIpc) is 2.27. The quantitative estimate of drug-likeness (QED) is 0.844. The lowest BCUT2D eigenvalue weighted by atomic mass is 10.0. The highest BCUT2D eigenvalue weighted by Gasteiger charge is 2.18. The van der Waals surface area contributed by atoms with E-state index >= 15 is 0 Å². The number of hydrogen-bond acceptors (Lipinski definition) is 3. The van der Waals surface area contributed by atoms with Crippen molar-refractivity contribution in [2.45, 2.75) is 18.9 Å². The summed E-state index contributed by atoms with van der Waals surface area (Å²) in [6, 6.07) is 8.56. The summed E-state index contributed by atoms with van der Waals surface area (Å²) in [5.41, 5.74) is 5.36. The summed E-state index contributed by atoms with van der Waals surface area (Å²) in [6.45, 7) is 2.21. The van der Waals surface area contributed by atoms with Crippen LogP contribution in [-0.2, 0) is 0 Å². The van der Waals surface area contributed by atoms with Gasteiger partial charge in [0.15, 0.2) is 0 Å². The van der Waals surface area contributed by atoms with Crippen LogP contribution < -0.4 is 10.6 Å². The molecular formula is C12H16FN3. The molecule has 0 amide bonds. The van der Waals surface area contributed by atoms with Crippen molar-refractivity contribution in [2.75, 3.05) is 18.5 Å². The highest BCUT2D eigenvalue weighted by Crippen LogP contribution is 2.18. The fraction of sp³-hybridized carbons (Fsp3) is 0.417. The predicted molar refractivity (Wildman–Crippen MR) is 62.5 cm³/mol. The van der Waals surface area contributed by atoms with Crippen molar-refractivity contribution in [3.63, 3.8) is 0 Å². The summed E-state index contributed by atoms with van der Waals surface area (Å²) >= 11 is 0. The Morgan fingerprint density at radius 3 is 2.69 bits per heavy atom. The van der Waals surface area contributed by atoms with E-state index in [1.165, 1.54) is 6.07 Å². The molecule has 86 valence electrons. The molecule has 1 aromatic carbocycles. The molecule has 0 saturated carbocycles. The smallest absolute Gasteiger partial charge is 0.146 e. The molecule has 3 nitrogen and oxygen atoms in total. The maximum absolute atomic E-state index is 13.4. The summed E-state index contributed by atoms with van der Waals surface area (Å²) in [7, 11) is 1.78. The third kappa shape index (κ3) is 3.21. The van der Waals surface area contributed by atoms with Crippen LogP contribution >= 0.6 is 0 Å². The largest absolute Gasteiger partial charge is 0.372 e. The predicted octanol–water partition coefficient (Wildman–Crippen LogP) is 1.89. The van der Waals surface area contributed by atoms with Crippen LogP contribution in [0.2, 0.25) is 0 Å². The first-order valence-corrected chi connectivity index (χ1v) is 5.12. The minimum absolute atomic E-state index is 0.263. The fourth-order valence-electron chi connectivity index (χ4n) is 1.34. The Morgan fingerprint density at radius 1 is 1.50 bits per heavy atom. The van der Waals surface area contributed by atoms with Gasteiger partial charge in [-0.1, -0.05) is 12.1 Å². The van der Waals surface area contributed by atoms with Gasteiger partial charge in [0.25, 0.3) is 0 Å². The van der Waals surface area contributed by atoms with Crippen molar-refractivity contribution in [3.8, 4) is 6.07 Å². The van der Waals surface area contributed by atoms with Gasteiger partial charge in [0, 0.05) is 13.6 Å². The second-order valence-corrected chi connectivity index (χ2v) is 4.15. The molecular weight excluding hydrogens is 205 g/mol. The Morgan fingerprint density at radius 2 is 2.12 bits per heavy atom. The molecule has 0 radical (unpaired) electrons. The van der Waals surface area contributed by atoms with Gasteiger partial charge in [0.2, 0.25) is 0 Å². The Kier molecular flexibility index (Phi) is 3.86. The molecule has 0 aromatic heterocycles. The minimum Gasteiger partial charge on any atom is -0.372 e. The lowest BCUT2D eigenvalue weighted by Crippen LogP contribution is -2.38. The molecule has 0 fully saturated rings. The molecule has 16 heavy (non-hydrogen) atoms. The summed E-state index contributed by atoms with van der Waals surface area (Å²) in [4.78, 5) is 1.76. The van der Waals surface area contributed by atoms with Crippen molar-refractivity contribution >= 4 is 5.69 Å². The maximum atomic E-state index is 13.4. The van der Waals surface area contributed by atoms with E-state index in [4.69, 9.17) is 11.0 Å². The van der Waals surface area contributed by atoms with E-state index < -0.39 is 5.54 Å². The van der Waals surface area contributed by atoms with Gasteiger partial charge in [-0.2, -0.15) is 5.26 Å². The molecule has 1 unspecified atom stereocenters. The molecule has 2 N–H and O–H groups in total. The number of nitrogens with two attached hydrogens (primary N) is 1. The van der Waals surface area contributed by atoms with Gasteiger partial charge in [0.1, 0.15) is 11.4 Å². The zero-order chi connectivity index (χ0) is 12.2. The topological polar surface area (TPSA) is 53.0 Å². The number of halogens is 1. The van der Waals surface area contributed by atoms with E-state index in [0.29, 0.717) is 18.7 Å². The molecule has 0 heterocycles. The monoisotopic (exact) mass is 221 g/mol. The zero-order valence-electron chi connectivity index (χ0n) is 9.57. The van der Waals surface area contributed by atoms with Crippen LogP contribution in [0.5, 0.6) is 0 Å². The van der Waals surface area contributed by atoms with Gasteiger partial charge in [-0.05, 0) is 25.5 Å².